The molecule has 26 heteroatoms. The summed E-state index contributed by atoms with van der Waals surface area (Å²) in [5.74, 6) is -0.770. The molecule has 0 aliphatic carbocycles. The molecule has 0 spiro atoms. The first-order chi connectivity index (χ1) is 47.5. The van der Waals surface area contributed by atoms with E-state index in [1.165, 1.54) is 103 Å². The van der Waals surface area contributed by atoms with Crippen molar-refractivity contribution in [2.45, 2.75) is 142 Å². The van der Waals surface area contributed by atoms with Gasteiger partial charge < -0.3 is 110 Å². The molecule has 0 aromatic rings. The zero-order valence-electron chi connectivity index (χ0n) is 60.1. The molecule has 2 N–H and O–H groups in total. The van der Waals surface area contributed by atoms with Crippen molar-refractivity contribution in [2.24, 2.45) is 0 Å². The number of unbranched alkanes of at least 4 members (excludes halogenated alkanes) is 18. The molecule has 0 aromatic carbocycles. The van der Waals surface area contributed by atoms with Crippen molar-refractivity contribution in [1.82, 2.24) is 10.6 Å². The van der Waals surface area contributed by atoms with Crippen molar-refractivity contribution >= 4 is 17.8 Å². The molecule has 0 fully saturated rings. The highest BCUT2D eigenvalue weighted by molar-refractivity contribution is 6.17. The first kappa shape index (κ1) is 93.3. The monoisotopic (exact) mass is 1390 g/mol. The molecule has 0 aromatic heterocycles. The Morgan fingerprint density at radius 2 is 0.406 bits per heavy atom. The third-order valence-corrected chi connectivity index (χ3v) is 14.0. The van der Waals surface area contributed by atoms with E-state index in [9.17, 15) is 14.4 Å². The van der Waals surface area contributed by atoms with Gasteiger partial charge >= 0.3 is 6.09 Å². The summed E-state index contributed by atoms with van der Waals surface area (Å²) in [5, 5.41) is 5.36. The largest absolute Gasteiger partial charge is 0.447 e. The Bertz CT molecular complexity index is 1570. The topological polar surface area (TPSA) is 269 Å². The lowest BCUT2D eigenvalue weighted by Crippen LogP contribution is -2.28. The lowest BCUT2D eigenvalue weighted by atomic mass is 10.0. The molecule has 0 saturated heterocycles. The van der Waals surface area contributed by atoms with Crippen LogP contribution in [0.5, 0.6) is 0 Å². The fraction of sp³-hybridized carbons (Fsp3) is 0.929. The number of ether oxygens (including phenoxy) is 21. The highest BCUT2D eigenvalue weighted by Gasteiger charge is 2.10. The van der Waals surface area contributed by atoms with Crippen molar-refractivity contribution in [3.63, 3.8) is 0 Å². The molecule has 0 saturated carbocycles. The normalized spacial score (nSPS) is 11.5. The van der Waals surface area contributed by atoms with Crippen LogP contribution in [0.2, 0.25) is 0 Å². The van der Waals surface area contributed by atoms with E-state index in [0.29, 0.717) is 264 Å². The number of rotatable bonds is 86. The van der Waals surface area contributed by atoms with Crippen LogP contribution in [0.15, 0.2) is 12.2 Å². The first-order valence-corrected chi connectivity index (χ1v) is 36.4. The summed E-state index contributed by atoms with van der Waals surface area (Å²) in [7, 11) is 0. The van der Waals surface area contributed by atoms with Crippen LogP contribution in [0.3, 0.4) is 0 Å². The molecule has 0 aliphatic rings. The van der Waals surface area contributed by atoms with Crippen LogP contribution in [0.1, 0.15) is 142 Å². The van der Waals surface area contributed by atoms with E-state index in [2.05, 4.69) is 24.1 Å². The Balaban J connectivity index is 3.13. The van der Waals surface area contributed by atoms with Crippen molar-refractivity contribution in [2.75, 3.05) is 284 Å². The molecule has 0 radical (unpaired) electrons. The Kier molecular flexibility index (Phi) is 82.4. The Labute approximate surface area is 578 Å². The molecule has 570 valence electrons. The zero-order chi connectivity index (χ0) is 69.1. The SMILES string of the molecule is C=C(C(C)=O)C(=O)NCCCCCCNC(=O)OCCOCCOCCOCCOCCOCCOCCOCCOCCOCCOCCOCCOCCOCCOCCOCCOCCOCCOCCOCCOCCCCCCCCCCCCCCCCCC. The summed E-state index contributed by atoms with van der Waals surface area (Å²) in [6.07, 6.45) is 24.9. The fourth-order valence-corrected chi connectivity index (χ4v) is 8.54. The average molecular weight is 1390 g/mol. The smallest absolute Gasteiger partial charge is 0.407 e. The zero-order valence-corrected chi connectivity index (χ0v) is 60.1. The van der Waals surface area contributed by atoms with E-state index < -0.39 is 12.0 Å². The quantitative estimate of drug-likeness (QED) is 0.0252. The number of alkyl carbamates (subject to hydrolysis) is 1. The third-order valence-electron chi connectivity index (χ3n) is 14.0. The second-order valence-electron chi connectivity index (χ2n) is 22.3. The molecular formula is C70H136N2O24. The van der Waals surface area contributed by atoms with E-state index in [4.69, 9.17) is 99.5 Å². The summed E-state index contributed by atoms with van der Waals surface area (Å²) in [6, 6.07) is 0. The van der Waals surface area contributed by atoms with Crippen LogP contribution < -0.4 is 10.6 Å². The molecule has 96 heavy (non-hydrogen) atoms. The third kappa shape index (κ3) is 82.0. The second kappa shape index (κ2) is 84.8. The summed E-state index contributed by atoms with van der Waals surface area (Å²) in [4.78, 5) is 34.5. The number of Topliss-reactive ketones (excluding diaryl/α,β-unsaturated/α-hetero) is 1. The molecule has 0 atom stereocenters. The van der Waals surface area contributed by atoms with Gasteiger partial charge in [-0.15, -0.1) is 0 Å². The Hall–Kier alpha value is -2.65. The number of amides is 2. The highest BCUT2D eigenvalue weighted by Crippen LogP contribution is 2.14. The van der Waals surface area contributed by atoms with Crippen molar-refractivity contribution in [3.05, 3.63) is 12.2 Å². The molecule has 0 rings (SSSR count). The minimum absolute atomic E-state index is 0.0385. The van der Waals surface area contributed by atoms with Crippen molar-refractivity contribution in [1.29, 1.82) is 0 Å². The van der Waals surface area contributed by atoms with Crippen LogP contribution in [0.4, 0.5) is 4.79 Å². The summed E-state index contributed by atoms with van der Waals surface area (Å²) in [6.45, 7) is 27.8. The minimum Gasteiger partial charge on any atom is -0.447 e. The van der Waals surface area contributed by atoms with E-state index in [1.807, 2.05) is 0 Å². The molecule has 2 amide bonds. The van der Waals surface area contributed by atoms with Gasteiger partial charge in [-0.1, -0.05) is 123 Å². The number of nitrogens with one attached hydrogen (secondary N) is 2. The first-order valence-electron chi connectivity index (χ1n) is 36.4. The van der Waals surface area contributed by atoms with Gasteiger partial charge in [0.25, 0.3) is 5.91 Å². The van der Waals surface area contributed by atoms with E-state index in [-0.39, 0.29) is 24.6 Å². The predicted octanol–water partition coefficient (Wildman–Crippen LogP) is 8.13. The average Bonchev–Trinajstić information content (AvgIpc) is 3.61. The van der Waals surface area contributed by atoms with Gasteiger partial charge in [0.05, 0.1) is 263 Å². The number of hydrogen-bond acceptors (Lipinski definition) is 24. The Morgan fingerprint density at radius 3 is 0.625 bits per heavy atom. The van der Waals surface area contributed by atoms with Crippen LogP contribution in [-0.4, -0.2) is 302 Å². The van der Waals surface area contributed by atoms with E-state index >= 15 is 0 Å². The van der Waals surface area contributed by atoms with Gasteiger partial charge in [0.1, 0.15) is 6.61 Å². The molecule has 0 heterocycles. The number of carbonyl (C=O) groups excluding carboxylic acids is 3. The van der Waals surface area contributed by atoms with Crippen LogP contribution in [-0.2, 0) is 109 Å². The standard InChI is InChI=1S/C70H136N2O24/c1-4-5-6-7-8-9-10-11-12-13-14-15-16-17-20-23-26-76-27-28-77-29-30-78-31-32-79-33-34-80-35-36-81-37-38-82-39-40-83-41-42-84-43-44-85-45-46-86-47-48-87-49-50-88-51-52-89-53-54-90-55-56-91-57-58-92-59-60-93-61-62-94-63-64-95-65-66-96-70(75)72-25-22-19-18-21-24-71-69(74)67(2)68(3)73/h2,4-66H2,1,3H3,(H,71,74)(H,72,75). The highest BCUT2D eigenvalue weighted by atomic mass is 16.6. The summed E-state index contributed by atoms with van der Waals surface area (Å²) in [5.41, 5.74) is -0.0385. The molecule has 26 nitrogen and oxygen atoms in total. The van der Waals surface area contributed by atoms with Gasteiger partial charge in [-0.25, -0.2) is 4.79 Å². The van der Waals surface area contributed by atoms with Gasteiger partial charge in [-0.05, 0) is 26.2 Å². The number of ketones is 1. The van der Waals surface area contributed by atoms with Crippen LogP contribution in [0, 0.1) is 0 Å². The fourth-order valence-electron chi connectivity index (χ4n) is 8.54. The van der Waals surface area contributed by atoms with Gasteiger partial charge in [-0.2, -0.15) is 0 Å². The summed E-state index contributed by atoms with van der Waals surface area (Å²) < 4.78 is 116. The van der Waals surface area contributed by atoms with E-state index in [1.54, 1.807) is 0 Å². The minimum atomic E-state index is -0.491. The molecule has 0 unspecified atom stereocenters. The van der Waals surface area contributed by atoms with Crippen molar-refractivity contribution < 1.29 is 114 Å². The van der Waals surface area contributed by atoms with Gasteiger partial charge in [0, 0.05) is 19.7 Å². The van der Waals surface area contributed by atoms with Crippen molar-refractivity contribution in [3.8, 4) is 0 Å². The van der Waals surface area contributed by atoms with Gasteiger partial charge in [0.15, 0.2) is 5.78 Å². The predicted molar refractivity (Wildman–Crippen MR) is 367 cm³/mol. The maximum Gasteiger partial charge on any atom is 0.407 e. The molecule has 0 aliphatic heterocycles. The van der Waals surface area contributed by atoms with Gasteiger partial charge in [-0.3, -0.25) is 9.59 Å². The van der Waals surface area contributed by atoms with E-state index in [0.717, 1.165) is 38.7 Å². The van der Waals surface area contributed by atoms with Crippen LogP contribution in [0.25, 0.3) is 0 Å². The Morgan fingerprint density at radius 1 is 0.229 bits per heavy atom. The van der Waals surface area contributed by atoms with Gasteiger partial charge in [0.2, 0.25) is 0 Å². The lowest BCUT2D eigenvalue weighted by molar-refractivity contribution is -0.121. The lowest BCUT2D eigenvalue weighted by Gasteiger charge is -2.09. The summed E-state index contributed by atoms with van der Waals surface area (Å²) >= 11 is 0. The number of hydrogen-bond donors (Lipinski definition) is 2. The van der Waals surface area contributed by atoms with Crippen LogP contribution >= 0.6 is 0 Å². The number of carbonyl (C=O) groups is 3. The maximum atomic E-state index is 11.8. The molecule has 0 bridgehead atoms. The molecular weight excluding hydrogens is 1250 g/mol. The second-order valence-corrected chi connectivity index (χ2v) is 22.3. The maximum absolute atomic E-state index is 11.8.